The first kappa shape index (κ1) is 13.4. The van der Waals surface area contributed by atoms with E-state index in [0.29, 0.717) is 16.5 Å². The van der Waals surface area contributed by atoms with E-state index in [1.54, 1.807) is 24.3 Å². The number of nitrogens with one attached hydrogen (secondary N) is 2. The van der Waals surface area contributed by atoms with Crippen molar-refractivity contribution in [2.45, 2.75) is 6.54 Å². The molecule has 3 aromatic rings. The van der Waals surface area contributed by atoms with Crippen LogP contribution in [0.1, 0.15) is 5.82 Å². The highest BCUT2D eigenvalue weighted by Gasteiger charge is 2.08. The van der Waals surface area contributed by atoms with Gasteiger partial charge in [-0.25, -0.2) is 4.79 Å². The van der Waals surface area contributed by atoms with Gasteiger partial charge in [0.25, 0.3) is 0 Å². The Hall–Kier alpha value is -2.60. The Morgan fingerprint density at radius 2 is 1.95 bits per heavy atom. The lowest BCUT2D eigenvalue weighted by Crippen LogP contribution is -2.29. The number of benzene rings is 1. The largest absolute Gasteiger partial charge is 0.331 e. The zero-order chi connectivity index (χ0) is 14.7. The fourth-order valence-corrected chi connectivity index (χ4v) is 2.08. The van der Waals surface area contributed by atoms with Crippen LogP contribution >= 0.6 is 11.6 Å². The van der Waals surface area contributed by atoms with Gasteiger partial charge in [-0.3, -0.25) is 4.40 Å². The molecule has 106 valence electrons. The van der Waals surface area contributed by atoms with Gasteiger partial charge in [-0.05, 0) is 24.3 Å². The van der Waals surface area contributed by atoms with E-state index >= 15 is 0 Å². The predicted molar refractivity (Wildman–Crippen MR) is 80.3 cm³/mol. The molecule has 0 bridgehead atoms. The second-order valence-electron chi connectivity index (χ2n) is 4.33. The molecule has 0 unspecified atom stereocenters. The molecular formula is C14H12ClN5O. The van der Waals surface area contributed by atoms with Gasteiger partial charge in [0, 0.05) is 6.20 Å². The second-order valence-corrected chi connectivity index (χ2v) is 4.74. The molecule has 0 atom stereocenters. The third-order valence-corrected chi connectivity index (χ3v) is 3.24. The van der Waals surface area contributed by atoms with Crippen molar-refractivity contribution in [2.24, 2.45) is 0 Å². The highest BCUT2D eigenvalue weighted by molar-refractivity contribution is 6.33. The smallest absolute Gasteiger partial charge is 0.319 e. The maximum Gasteiger partial charge on any atom is 0.319 e. The summed E-state index contributed by atoms with van der Waals surface area (Å²) in [5.41, 5.74) is 1.29. The number of hydrogen-bond donors (Lipinski definition) is 2. The number of rotatable bonds is 3. The van der Waals surface area contributed by atoms with Crippen LogP contribution in [0.15, 0.2) is 48.7 Å². The minimum atomic E-state index is -0.351. The van der Waals surface area contributed by atoms with Crippen LogP contribution in [0, 0.1) is 0 Å². The van der Waals surface area contributed by atoms with Crippen molar-refractivity contribution in [3.05, 3.63) is 59.5 Å². The molecule has 2 aromatic heterocycles. The Bertz CT molecular complexity index is 786. The molecule has 2 heterocycles. The summed E-state index contributed by atoms with van der Waals surface area (Å²) in [4.78, 5) is 11.9. The highest BCUT2D eigenvalue weighted by Crippen LogP contribution is 2.20. The van der Waals surface area contributed by atoms with Gasteiger partial charge in [0.05, 0.1) is 17.3 Å². The van der Waals surface area contributed by atoms with E-state index in [4.69, 9.17) is 11.6 Å². The molecular weight excluding hydrogens is 290 g/mol. The summed E-state index contributed by atoms with van der Waals surface area (Å²) < 4.78 is 1.82. The first-order chi connectivity index (χ1) is 10.2. The average molecular weight is 302 g/mol. The number of para-hydroxylation sites is 1. The van der Waals surface area contributed by atoms with Crippen LogP contribution in [0.3, 0.4) is 0 Å². The van der Waals surface area contributed by atoms with E-state index in [-0.39, 0.29) is 12.6 Å². The number of fused-ring (bicyclic) bond motifs is 1. The Balaban J connectivity index is 1.65. The standard InChI is InChI=1S/C14H12ClN5O/c15-10-5-1-2-6-11(10)17-14(21)16-9-13-19-18-12-7-3-4-8-20(12)13/h1-8H,9H2,(H2,16,17,21). The number of carbonyl (C=O) groups is 1. The molecule has 0 radical (unpaired) electrons. The monoisotopic (exact) mass is 301 g/mol. The Morgan fingerprint density at radius 3 is 2.81 bits per heavy atom. The number of halogens is 1. The lowest BCUT2D eigenvalue weighted by Gasteiger charge is -2.08. The number of anilines is 1. The summed E-state index contributed by atoms with van der Waals surface area (Å²) in [5, 5.41) is 13.9. The number of aromatic nitrogens is 3. The zero-order valence-corrected chi connectivity index (χ0v) is 11.7. The average Bonchev–Trinajstić information content (AvgIpc) is 2.91. The summed E-state index contributed by atoms with van der Waals surface area (Å²) in [6, 6.07) is 12.3. The SMILES string of the molecule is O=C(NCc1nnc2ccccn12)Nc1ccccc1Cl. The molecule has 0 spiro atoms. The summed E-state index contributed by atoms with van der Waals surface area (Å²) in [6.07, 6.45) is 1.85. The van der Waals surface area contributed by atoms with Crippen LogP contribution in [-0.4, -0.2) is 20.6 Å². The fraction of sp³-hybridized carbons (Fsp3) is 0.0714. The predicted octanol–water partition coefficient (Wildman–Crippen LogP) is 2.70. The molecule has 0 aliphatic heterocycles. The Kier molecular flexibility index (Phi) is 3.70. The highest BCUT2D eigenvalue weighted by atomic mass is 35.5. The van der Waals surface area contributed by atoms with Crippen molar-refractivity contribution in [1.29, 1.82) is 0 Å². The second kappa shape index (κ2) is 5.80. The van der Waals surface area contributed by atoms with Crippen molar-refractivity contribution < 1.29 is 4.79 Å². The van der Waals surface area contributed by atoms with Crippen LogP contribution in [0.4, 0.5) is 10.5 Å². The molecule has 2 N–H and O–H groups in total. The molecule has 0 saturated carbocycles. The third kappa shape index (κ3) is 2.95. The van der Waals surface area contributed by atoms with Crippen molar-refractivity contribution in [3.8, 4) is 0 Å². The Morgan fingerprint density at radius 1 is 1.14 bits per heavy atom. The summed E-state index contributed by atoms with van der Waals surface area (Å²) in [7, 11) is 0. The number of pyridine rings is 1. The van der Waals surface area contributed by atoms with Gasteiger partial charge in [-0.2, -0.15) is 0 Å². The minimum absolute atomic E-state index is 0.265. The summed E-state index contributed by atoms with van der Waals surface area (Å²) in [6.45, 7) is 0.265. The van der Waals surface area contributed by atoms with Crippen molar-refractivity contribution in [2.75, 3.05) is 5.32 Å². The maximum atomic E-state index is 11.9. The first-order valence-electron chi connectivity index (χ1n) is 6.32. The van der Waals surface area contributed by atoms with Gasteiger partial charge in [0.2, 0.25) is 0 Å². The quantitative estimate of drug-likeness (QED) is 0.781. The van der Waals surface area contributed by atoms with Crippen LogP contribution in [0.5, 0.6) is 0 Å². The molecule has 3 rings (SSSR count). The molecule has 2 amide bonds. The molecule has 6 nitrogen and oxygen atoms in total. The summed E-state index contributed by atoms with van der Waals surface area (Å²) >= 11 is 5.98. The molecule has 0 saturated heterocycles. The lowest BCUT2D eigenvalue weighted by molar-refractivity contribution is 0.251. The van der Waals surface area contributed by atoms with E-state index in [0.717, 1.165) is 5.65 Å². The van der Waals surface area contributed by atoms with E-state index in [1.165, 1.54) is 0 Å². The van der Waals surface area contributed by atoms with E-state index in [2.05, 4.69) is 20.8 Å². The first-order valence-corrected chi connectivity index (χ1v) is 6.70. The molecule has 0 aliphatic carbocycles. The molecule has 0 fully saturated rings. The zero-order valence-electron chi connectivity index (χ0n) is 11.0. The van der Waals surface area contributed by atoms with E-state index in [9.17, 15) is 4.79 Å². The third-order valence-electron chi connectivity index (χ3n) is 2.91. The molecule has 0 aliphatic rings. The number of urea groups is 1. The molecule has 1 aromatic carbocycles. The summed E-state index contributed by atoms with van der Waals surface area (Å²) in [5.74, 6) is 0.653. The minimum Gasteiger partial charge on any atom is -0.331 e. The fourth-order valence-electron chi connectivity index (χ4n) is 1.90. The van der Waals surface area contributed by atoms with Gasteiger partial charge >= 0.3 is 6.03 Å². The van der Waals surface area contributed by atoms with Gasteiger partial charge < -0.3 is 10.6 Å². The molecule has 21 heavy (non-hydrogen) atoms. The van der Waals surface area contributed by atoms with Crippen molar-refractivity contribution in [1.82, 2.24) is 19.9 Å². The Labute approximate surface area is 125 Å². The number of hydrogen-bond acceptors (Lipinski definition) is 3. The van der Waals surface area contributed by atoms with Crippen LogP contribution < -0.4 is 10.6 Å². The van der Waals surface area contributed by atoms with Crippen LogP contribution in [0.2, 0.25) is 5.02 Å². The van der Waals surface area contributed by atoms with Gasteiger partial charge in [-0.15, -0.1) is 10.2 Å². The van der Waals surface area contributed by atoms with E-state index < -0.39 is 0 Å². The number of nitrogens with zero attached hydrogens (tertiary/aromatic N) is 3. The number of amides is 2. The normalized spacial score (nSPS) is 10.5. The van der Waals surface area contributed by atoms with Crippen molar-refractivity contribution in [3.63, 3.8) is 0 Å². The van der Waals surface area contributed by atoms with Gasteiger partial charge in [0.1, 0.15) is 0 Å². The lowest BCUT2D eigenvalue weighted by atomic mass is 10.3. The van der Waals surface area contributed by atoms with Gasteiger partial charge in [-0.1, -0.05) is 29.8 Å². The number of carbonyl (C=O) groups excluding carboxylic acids is 1. The van der Waals surface area contributed by atoms with E-state index in [1.807, 2.05) is 28.8 Å². The topological polar surface area (TPSA) is 71.3 Å². The van der Waals surface area contributed by atoms with Gasteiger partial charge in [0.15, 0.2) is 11.5 Å². The maximum absolute atomic E-state index is 11.9. The van der Waals surface area contributed by atoms with Crippen LogP contribution in [0.25, 0.3) is 5.65 Å². The van der Waals surface area contributed by atoms with Crippen molar-refractivity contribution >= 4 is 29.0 Å². The van der Waals surface area contributed by atoms with Crippen LogP contribution in [-0.2, 0) is 6.54 Å². The molecule has 7 heteroatoms.